The number of alkyl halides is 3. The van der Waals surface area contributed by atoms with Crippen LogP contribution in [0, 0.1) is 0 Å². The van der Waals surface area contributed by atoms with Crippen molar-refractivity contribution in [2.45, 2.75) is 18.5 Å². The normalized spacial score (nSPS) is 17.1. The summed E-state index contributed by atoms with van der Waals surface area (Å²) in [6, 6.07) is 7.42. The molecule has 1 atom stereocenters. The predicted octanol–water partition coefficient (Wildman–Crippen LogP) is 3.37. The summed E-state index contributed by atoms with van der Waals surface area (Å²) in [5.74, 6) is -2.36. The first kappa shape index (κ1) is 19.2. The van der Waals surface area contributed by atoms with Crippen LogP contribution < -0.4 is 10.9 Å². The van der Waals surface area contributed by atoms with Gasteiger partial charge in [0, 0.05) is 28.5 Å². The van der Waals surface area contributed by atoms with E-state index in [0.29, 0.717) is 10.9 Å². The molecule has 144 valence electrons. The third-order valence-corrected chi connectivity index (χ3v) is 4.56. The first-order valence-corrected chi connectivity index (χ1v) is 8.39. The number of aliphatic carboxylic acids is 1. The number of carbonyl (C=O) groups is 1. The van der Waals surface area contributed by atoms with Crippen LogP contribution in [-0.2, 0) is 4.79 Å². The number of benzene rings is 1. The monoisotopic (exact) mass is 401 g/mol. The third kappa shape index (κ3) is 4.09. The molecule has 0 aliphatic carbocycles. The highest BCUT2D eigenvalue weighted by Crippen LogP contribution is 2.32. The van der Waals surface area contributed by atoms with Crippen LogP contribution in [0.5, 0.6) is 0 Å². The van der Waals surface area contributed by atoms with Gasteiger partial charge in [-0.25, -0.2) is 4.79 Å². The summed E-state index contributed by atoms with van der Waals surface area (Å²) < 4.78 is 31.7. The Morgan fingerprint density at radius 3 is 2.48 bits per heavy atom. The minimum absolute atomic E-state index is 0.0553. The van der Waals surface area contributed by atoms with Gasteiger partial charge in [0.05, 0.1) is 11.0 Å². The molecule has 3 aromatic rings. The smallest absolute Gasteiger partial charge is 0.475 e. The van der Waals surface area contributed by atoms with Gasteiger partial charge in [-0.3, -0.25) is 4.79 Å². The number of hydrogen-bond donors (Lipinski definition) is 4. The number of nitrogens with one attached hydrogen (secondary N) is 3. The molecule has 0 radical (unpaired) electrons. The van der Waals surface area contributed by atoms with Crippen LogP contribution >= 0.6 is 11.6 Å². The molecule has 2 aromatic heterocycles. The lowest BCUT2D eigenvalue weighted by Crippen LogP contribution is -2.21. The SMILES string of the molecule is O=C(O)C(F)(F)F.O=c1cc(C2CCNC2)c2[nH]c3ccc(Cl)cc3c2[nH]1. The van der Waals surface area contributed by atoms with E-state index >= 15 is 0 Å². The summed E-state index contributed by atoms with van der Waals surface area (Å²) >= 11 is 6.07. The number of fused-ring (bicyclic) bond motifs is 3. The summed E-state index contributed by atoms with van der Waals surface area (Å²) in [5.41, 5.74) is 3.92. The number of H-pyrrole nitrogens is 2. The van der Waals surface area contributed by atoms with Crippen LogP contribution in [0.2, 0.25) is 5.02 Å². The largest absolute Gasteiger partial charge is 0.490 e. The van der Waals surface area contributed by atoms with E-state index in [0.717, 1.165) is 47.0 Å². The Labute approximate surface area is 155 Å². The maximum absolute atomic E-state index is 12.0. The lowest BCUT2D eigenvalue weighted by molar-refractivity contribution is -0.192. The molecule has 0 amide bonds. The number of pyridine rings is 1. The lowest BCUT2D eigenvalue weighted by Gasteiger charge is -2.09. The number of halogens is 4. The summed E-state index contributed by atoms with van der Waals surface area (Å²) in [6.07, 6.45) is -4.02. The van der Waals surface area contributed by atoms with Gasteiger partial charge >= 0.3 is 12.1 Å². The number of rotatable bonds is 1. The Bertz CT molecular complexity index is 1050. The summed E-state index contributed by atoms with van der Waals surface area (Å²) in [5, 5.41) is 12.1. The fourth-order valence-corrected chi connectivity index (χ4v) is 3.30. The van der Waals surface area contributed by atoms with Crippen molar-refractivity contribution < 1.29 is 23.1 Å². The van der Waals surface area contributed by atoms with Crippen LogP contribution in [0.3, 0.4) is 0 Å². The summed E-state index contributed by atoms with van der Waals surface area (Å²) in [7, 11) is 0. The maximum Gasteiger partial charge on any atom is 0.490 e. The van der Waals surface area contributed by atoms with E-state index in [1.54, 1.807) is 6.07 Å². The molecular weight excluding hydrogens is 387 g/mol. The van der Waals surface area contributed by atoms with Crippen molar-refractivity contribution in [1.82, 2.24) is 15.3 Å². The van der Waals surface area contributed by atoms with Gasteiger partial charge in [-0.05, 0) is 42.6 Å². The highest BCUT2D eigenvalue weighted by molar-refractivity contribution is 6.31. The van der Waals surface area contributed by atoms with Crippen molar-refractivity contribution in [3.05, 3.63) is 45.2 Å². The molecule has 4 rings (SSSR count). The highest BCUT2D eigenvalue weighted by atomic mass is 35.5. The third-order valence-electron chi connectivity index (χ3n) is 4.33. The van der Waals surface area contributed by atoms with Gasteiger partial charge < -0.3 is 20.4 Å². The first-order chi connectivity index (χ1) is 12.7. The molecule has 0 spiro atoms. The van der Waals surface area contributed by atoms with Crippen molar-refractivity contribution in [2.24, 2.45) is 0 Å². The zero-order valence-electron chi connectivity index (χ0n) is 13.8. The van der Waals surface area contributed by atoms with Crippen LogP contribution in [0.4, 0.5) is 13.2 Å². The van der Waals surface area contributed by atoms with Gasteiger partial charge in [0.25, 0.3) is 0 Å². The van der Waals surface area contributed by atoms with Crippen LogP contribution in [-0.4, -0.2) is 40.3 Å². The number of hydrogen-bond acceptors (Lipinski definition) is 3. The minimum Gasteiger partial charge on any atom is -0.475 e. The van der Waals surface area contributed by atoms with Gasteiger partial charge in [-0.15, -0.1) is 0 Å². The molecule has 1 aliphatic heterocycles. The number of carboxylic acid groups (broad SMARTS) is 1. The molecule has 6 nitrogen and oxygen atoms in total. The van der Waals surface area contributed by atoms with Gasteiger partial charge in [-0.2, -0.15) is 13.2 Å². The van der Waals surface area contributed by atoms with Crippen molar-refractivity contribution >= 4 is 39.5 Å². The van der Waals surface area contributed by atoms with E-state index in [1.165, 1.54) is 0 Å². The van der Waals surface area contributed by atoms with E-state index in [2.05, 4.69) is 15.3 Å². The van der Waals surface area contributed by atoms with Crippen molar-refractivity contribution in [1.29, 1.82) is 0 Å². The molecule has 4 N–H and O–H groups in total. The second-order valence-corrected chi connectivity index (χ2v) is 6.58. The molecule has 1 aromatic carbocycles. The molecule has 27 heavy (non-hydrogen) atoms. The number of aromatic amines is 2. The fraction of sp³-hybridized carbons (Fsp3) is 0.294. The maximum atomic E-state index is 12.0. The minimum atomic E-state index is -5.08. The van der Waals surface area contributed by atoms with E-state index in [-0.39, 0.29) is 5.56 Å². The molecule has 3 heterocycles. The van der Waals surface area contributed by atoms with Gasteiger partial charge in [0.2, 0.25) is 5.56 Å². The Kier molecular flexibility index (Phi) is 5.16. The highest BCUT2D eigenvalue weighted by Gasteiger charge is 2.38. The van der Waals surface area contributed by atoms with Gasteiger partial charge in [0.1, 0.15) is 0 Å². The fourth-order valence-electron chi connectivity index (χ4n) is 3.13. The van der Waals surface area contributed by atoms with Crippen molar-refractivity contribution in [3.8, 4) is 0 Å². The van der Waals surface area contributed by atoms with E-state index in [4.69, 9.17) is 21.5 Å². The van der Waals surface area contributed by atoms with Crippen molar-refractivity contribution in [2.75, 3.05) is 13.1 Å². The average Bonchev–Trinajstić information content (AvgIpc) is 3.22. The Balaban J connectivity index is 0.000000260. The molecule has 0 bridgehead atoms. The van der Waals surface area contributed by atoms with Crippen molar-refractivity contribution in [3.63, 3.8) is 0 Å². The zero-order valence-corrected chi connectivity index (χ0v) is 14.5. The number of aromatic nitrogens is 2. The van der Waals surface area contributed by atoms with E-state index in [9.17, 15) is 18.0 Å². The molecule has 0 saturated carbocycles. The quantitative estimate of drug-likeness (QED) is 0.502. The number of carboxylic acids is 1. The topological polar surface area (TPSA) is 98.0 Å². The molecular formula is C17H15ClF3N3O3. The second kappa shape index (κ2) is 7.24. The predicted molar refractivity (Wildman–Crippen MR) is 95.4 cm³/mol. The summed E-state index contributed by atoms with van der Waals surface area (Å²) in [4.78, 5) is 27.2. The summed E-state index contributed by atoms with van der Waals surface area (Å²) in [6.45, 7) is 1.93. The zero-order chi connectivity index (χ0) is 19.8. The van der Waals surface area contributed by atoms with E-state index in [1.807, 2.05) is 18.2 Å². The van der Waals surface area contributed by atoms with E-state index < -0.39 is 12.1 Å². The van der Waals surface area contributed by atoms with Gasteiger partial charge in [0.15, 0.2) is 0 Å². The Morgan fingerprint density at radius 2 is 1.89 bits per heavy atom. The molecule has 10 heteroatoms. The van der Waals surface area contributed by atoms with Gasteiger partial charge in [-0.1, -0.05) is 11.6 Å². The Hall–Kier alpha value is -2.52. The Morgan fingerprint density at radius 1 is 1.19 bits per heavy atom. The molecule has 1 aliphatic rings. The van der Waals surface area contributed by atoms with Crippen LogP contribution in [0.15, 0.2) is 29.1 Å². The standard InChI is InChI=1S/C15H14ClN3O.C2HF3O2/c16-9-1-2-12-11(5-9)15-14(18-12)10(6-13(20)19-15)8-3-4-17-7-8;3-2(4,5)1(6)7/h1-2,5-6,8,17-18H,3-4,7H2,(H,19,20);(H,6,7). The van der Waals surface area contributed by atoms with Crippen LogP contribution in [0.1, 0.15) is 17.9 Å². The second-order valence-electron chi connectivity index (χ2n) is 6.15. The van der Waals surface area contributed by atoms with Crippen LogP contribution in [0.25, 0.3) is 21.9 Å². The molecule has 1 unspecified atom stereocenters. The first-order valence-electron chi connectivity index (χ1n) is 8.02. The lowest BCUT2D eigenvalue weighted by atomic mass is 9.98. The molecule has 1 fully saturated rings. The molecule has 1 saturated heterocycles. The average molecular weight is 402 g/mol.